The lowest BCUT2D eigenvalue weighted by molar-refractivity contribution is 0.183. The van der Waals surface area contributed by atoms with Gasteiger partial charge >= 0.3 is 0 Å². The predicted octanol–water partition coefficient (Wildman–Crippen LogP) is 5.19. The Balaban J connectivity index is 1.78. The lowest BCUT2D eigenvalue weighted by Crippen LogP contribution is -2.34. The average Bonchev–Trinajstić information content (AvgIpc) is 2.71. The number of hydrogen-bond donors (Lipinski definition) is 0. The van der Waals surface area contributed by atoms with Gasteiger partial charge in [0.1, 0.15) is 17.3 Å². The van der Waals surface area contributed by atoms with E-state index in [4.69, 9.17) is 9.47 Å². The van der Waals surface area contributed by atoms with Crippen molar-refractivity contribution in [1.29, 1.82) is 0 Å². The zero-order chi connectivity index (χ0) is 18.6. The number of nitrogens with zero attached hydrogens (tertiary/aromatic N) is 1. The van der Waals surface area contributed by atoms with Crippen LogP contribution < -0.4 is 4.74 Å². The van der Waals surface area contributed by atoms with Gasteiger partial charge in [0.15, 0.2) is 6.10 Å². The zero-order valence-electron chi connectivity index (χ0n) is 15.8. The molecule has 0 unspecified atom stereocenters. The van der Waals surface area contributed by atoms with Crippen LogP contribution in [-0.2, 0) is 4.74 Å². The third kappa shape index (κ3) is 3.86. The van der Waals surface area contributed by atoms with Gasteiger partial charge in [0, 0.05) is 12.1 Å². The smallest absolute Gasteiger partial charge is 0.150 e. The van der Waals surface area contributed by atoms with Gasteiger partial charge in [-0.05, 0) is 62.7 Å². The Hall–Kier alpha value is -2.33. The maximum Gasteiger partial charge on any atom is 0.150 e. The van der Waals surface area contributed by atoms with Crippen molar-refractivity contribution in [3.05, 3.63) is 71.0 Å². The van der Waals surface area contributed by atoms with E-state index in [9.17, 15) is 4.39 Å². The molecule has 4 heteroatoms. The number of hydrogen-bond acceptors (Lipinski definition) is 3. The van der Waals surface area contributed by atoms with Crippen LogP contribution in [0.2, 0.25) is 0 Å². The molecular formula is C23H26FNO2. The molecule has 0 aliphatic carbocycles. The highest BCUT2D eigenvalue weighted by molar-refractivity contribution is 5.72. The van der Waals surface area contributed by atoms with Gasteiger partial charge in [0.05, 0.1) is 12.2 Å². The normalized spacial score (nSPS) is 20.1. The van der Waals surface area contributed by atoms with E-state index in [1.54, 1.807) is 0 Å². The quantitative estimate of drug-likeness (QED) is 0.726. The minimum absolute atomic E-state index is 0.235. The summed E-state index contributed by atoms with van der Waals surface area (Å²) in [6, 6.07) is 14.6. The summed E-state index contributed by atoms with van der Waals surface area (Å²) in [5, 5.41) is 0. The van der Waals surface area contributed by atoms with Gasteiger partial charge in [-0.2, -0.15) is 0 Å². The number of rotatable bonds is 5. The van der Waals surface area contributed by atoms with Crippen LogP contribution in [0.4, 0.5) is 4.39 Å². The molecule has 0 bridgehead atoms. The number of fused-ring (bicyclic) bond motifs is 1. The summed E-state index contributed by atoms with van der Waals surface area (Å²) in [4.78, 5) is 2.48. The molecular weight excluding hydrogens is 341 g/mol. The third-order valence-corrected chi connectivity index (χ3v) is 5.29. The Morgan fingerprint density at radius 3 is 2.52 bits per heavy atom. The van der Waals surface area contributed by atoms with Crippen molar-refractivity contribution in [3.8, 4) is 5.75 Å². The second-order valence-corrected chi connectivity index (χ2v) is 7.17. The molecule has 0 aromatic heterocycles. The standard InChI is InChI=1S/C23H26FNO2/c1-2-26-23-19-8-4-5-9-21(19)27-22(17-10-12-18(24)13-11-17)20(23)16-25-14-6-3-7-15-25/h4-5,8-13,22H,2-3,6-7,14-16H2,1H3/t22-/m1/s1. The van der Waals surface area contributed by atoms with Crippen molar-refractivity contribution in [1.82, 2.24) is 4.90 Å². The molecule has 0 radical (unpaired) electrons. The first-order chi connectivity index (χ1) is 13.3. The molecule has 2 heterocycles. The Labute approximate surface area is 160 Å². The van der Waals surface area contributed by atoms with Crippen molar-refractivity contribution < 1.29 is 13.9 Å². The molecule has 1 fully saturated rings. The number of likely N-dealkylation sites (tertiary alicyclic amines) is 1. The zero-order valence-corrected chi connectivity index (χ0v) is 15.8. The van der Waals surface area contributed by atoms with E-state index in [1.807, 2.05) is 37.3 Å². The highest BCUT2D eigenvalue weighted by atomic mass is 19.1. The molecule has 0 saturated carbocycles. The molecule has 142 valence electrons. The first-order valence-electron chi connectivity index (χ1n) is 9.86. The molecule has 4 rings (SSSR count). The Morgan fingerprint density at radius 1 is 1.04 bits per heavy atom. The fourth-order valence-electron chi connectivity index (χ4n) is 3.98. The van der Waals surface area contributed by atoms with Gasteiger partial charge in [-0.3, -0.25) is 4.90 Å². The molecule has 1 saturated heterocycles. The van der Waals surface area contributed by atoms with E-state index in [0.29, 0.717) is 6.61 Å². The topological polar surface area (TPSA) is 21.7 Å². The van der Waals surface area contributed by atoms with Gasteiger partial charge in [-0.15, -0.1) is 0 Å². The summed E-state index contributed by atoms with van der Waals surface area (Å²) >= 11 is 0. The summed E-state index contributed by atoms with van der Waals surface area (Å²) in [6.45, 7) is 5.62. The first-order valence-corrected chi connectivity index (χ1v) is 9.86. The second-order valence-electron chi connectivity index (χ2n) is 7.17. The second kappa shape index (κ2) is 8.13. The van der Waals surface area contributed by atoms with Gasteiger partial charge in [-0.1, -0.05) is 30.7 Å². The Morgan fingerprint density at radius 2 is 1.78 bits per heavy atom. The number of halogens is 1. The molecule has 0 spiro atoms. The van der Waals surface area contributed by atoms with Crippen LogP contribution in [0.15, 0.2) is 54.1 Å². The van der Waals surface area contributed by atoms with Crippen LogP contribution in [0.5, 0.6) is 5.75 Å². The van der Waals surface area contributed by atoms with Crippen molar-refractivity contribution in [3.63, 3.8) is 0 Å². The van der Waals surface area contributed by atoms with Crippen LogP contribution in [0.25, 0.3) is 5.76 Å². The number of piperidine rings is 1. The average molecular weight is 367 g/mol. The summed E-state index contributed by atoms with van der Waals surface area (Å²) < 4.78 is 26.0. The molecule has 27 heavy (non-hydrogen) atoms. The molecule has 2 aromatic rings. The summed E-state index contributed by atoms with van der Waals surface area (Å²) in [5.74, 6) is 1.50. The van der Waals surface area contributed by atoms with Crippen LogP contribution in [0.1, 0.15) is 43.4 Å². The van der Waals surface area contributed by atoms with E-state index in [-0.39, 0.29) is 11.9 Å². The first kappa shape index (κ1) is 18.1. The highest BCUT2D eigenvalue weighted by Crippen LogP contribution is 2.43. The van der Waals surface area contributed by atoms with Gasteiger partial charge in [-0.25, -0.2) is 4.39 Å². The van der Waals surface area contributed by atoms with E-state index < -0.39 is 0 Å². The van der Waals surface area contributed by atoms with Crippen LogP contribution in [0, 0.1) is 5.82 Å². The summed E-state index contributed by atoms with van der Waals surface area (Å²) in [6.07, 6.45) is 3.50. The minimum Gasteiger partial charge on any atom is -0.493 e. The number of benzene rings is 2. The van der Waals surface area contributed by atoms with Crippen LogP contribution in [-0.4, -0.2) is 31.1 Å². The van der Waals surface area contributed by atoms with Crippen molar-refractivity contribution >= 4 is 5.76 Å². The van der Waals surface area contributed by atoms with Gasteiger partial charge < -0.3 is 9.47 Å². The largest absolute Gasteiger partial charge is 0.493 e. The van der Waals surface area contributed by atoms with Crippen molar-refractivity contribution in [2.45, 2.75) is 32.3 Å². The van der Waals surface area contributed by atoms with Gasteiger partial charge in [0.25, 0.3) is 0 Å². The lowest BCUT2D eigenvalue weighted by Gasteiger charge is -2.35. The molecule has 2 aliphatic rings. The maximum atomic E-state index is 13.5. The molecule has 2 aromatic carbocycles. The molecule has 1 atom stereocenters. The number of para-hydroxylation sites is 1. The molecule has 2 aliphatic heterocycles. The van der Waals surface area contributed by atoms with Crippen LogP contribution >= 0.6 is 0 Å². The fraction of sp³-hybridized carbons (Fsp3) is 0.391. The van der Waals surface area contributed by atoms with E-state index in [1.165, 1.54) is 31.4 Å². The van der Waals surface area contributed by atoms with Crippen LogP contribution in [0.3, 0.4) is 0 Å². The summed E-state index contributed by atoms with van der Waals surface area (Å²) in [7, 11) is 0. The fourth-order valence-corrected chi connectivity index (χ4v) is 3.98. The van der Waals surface area contributed by atoms with Crippen molar-refractivity contribution in [2.75, 3.05) is 26.2 Å². The third-order valence-electron chi connectivity index (χ3n) is 5.29. The molecule has 0 amide bonds. The Bertz CT molecular complexity index is 809. The predicted molar refractivity (Wildman–Crippen MR) is 105 cm³/mol. The molecule has 3 nitrogen and oxygen atoms in total. The minimum atomic E-state index is -0.260. The van der Waals surface area contributed by atoms with E-state index in [0.717, 1.165) is 47.8 Å². The number of ether oxygens (including phenoxy) is 2. The van der Waals surface area contributed by atoms with E-state index >= 15 is 0 Å². The van der Waals surface area contributed by atoms with Crippen molar-refractivity contribution in [2.24, 2.45) is 0 Å². The van der Waals surface area contributed by atoms with E-state index in [2.05, 4.69) is 11.0 Å². The SMILES string of the molecule is CCOC1=C(CN2CCCCC2)[C@@H](c2ccc(F)cc2)Oc2ccccc21. The Kier molecular flexibility index (Phi) is 5.44. The summed E-state index contributed by atoms with van der Waals surface area (Å²) in [5.41, 5.74) is 3.09. The molecule has 0 N–H and O–H groups in total. The monoisotopic (exact) mass is 367 g/mol. The van der Waals surface area contributed by atoms with Gasteiger partial charge in [0.2, 0.25) is 0 Å². The maximum absolute atomic E-state index is 13.5. The highest BCUT2D eigenvalue weighted by Gasteiger charge is 2.32. The lowest BCUT2D eigenvalue weighted by atomic mass is 9.93.